The van der Waals surface area contributed by atoms with E-state index < -0.39 is 6.03 Å². The van der Waals surface area contributed by atoms with Crippen molar-refractivity contribution in [2.24, 2.45) is 0 Å². The van der Waals surface area contributed by atoms with Gasteiger partial charge in [-0.05, 0) is 0 Å². The molecule has 0 spiro atoms. The summed E-state index contributed by atoms with van der Waals surface area (Å²) in [6.07, 6.45) is 4.81. The van der Waals surface area contributed by atoms with E-state index in [1.165, 1.54) is 7.05 Å². The lowest BCUT2D eigenvalue weighted by molar-refractivity contribution is -0.0178. The van der Waals surface area contributed by atoms with Gasteiger partial charge in [-0.25, -0.2) is 9.86 Å². The molecule has 0 unspecified atom stereocenters. The van der Waals surface area contributed by atoms with Crippen LogP contribution in [-0.4, -0.2) is 29.9 Å². The number of amides is 2. The molecule has 0 aliphatic heterocycles. The Balaban J connectivity index is 3.42. The first-order valence-corrected chi connectivity index (χ1v) is 2.32. The van der Waals surface area contributed by atoms with Gasteiger partial charge in [-0.2, -0.15) is 0 Å². The van der Waals surface area contributed by atoms with E-state index in [2.05, 4.69) is 11.2 Å². The van der Waals surface area contributed by atoms with E-state index in [1.54, 1.807) is 0 Å². The molecule has 0 fully saturated rings. The van der Waals surface area contributed by atoms with E-state index in [-0.39, 0.29) is 6.54 Å². The molecule has 4 heteroatoms. The fourth-order valence-electron chi connectivity index (χ4n) is 0.241. The lowest BCUT2D eigenvalue weighted by Gasteiger charge is -2.06. The van der Waals surface area contributed by atoms with Crippen molar-refractivity contribution < 1.29 is 10.0 Å². The van der Waals surface area contributed by atoms with Crippen LogP contribution in [0.15, 0.2) is 0 Å². The molecular weight excluding hydrogens is 120 g/mol. The molecule has 0 aromatic carbocycles. The standard InChI is InChI=1S/C5H8N2O2/c1-3-4-6-5(8)7(2)9/h1,9H,4H2,2H3,(H,6,8). The van der Waals surface area contributed by atoms with Crippen molar-refractivity contribution in [3.8, 4) is 12.3 Å². The number of urea groups is 1. The zero-order valence-corrected chi connectivity index (χ0v) is 5.09. The van der Waals surface area contributed by atoms with Gasteiger partial charge in [-0.1, -0.05) is 5.92 Å². The highest BCUT2D eigenvalue weighted by molar-refractivity contribution is 5.72. The molecular formula is C5H8N2O2. The predicted octanol–water partition coefficient (Wildman–Crippen LogP) is -0.350. The Kier molecular flexibility index (Phi) is 3.25. The van der Waals surface area contributed by atoms with Crippen LogP contribution in [-0.2, 0) is 0 Å². The van der Waals surface area contributed by atoms with Gasteiger partial charge in [0.1, 0.15) is 0 Å². The summed E-state index contributed by atoms with van der Waals surface area (Å²) in [7, 11) is 1.21. The van der Waals surface area contributed by atoms with E-state index in [1.807, 2.05) is 0 Å². The van der Waals surface area contributed by atoms with Crippen LogP contribution in [0.25, 0.3) is 0 Å². The second-order valence-electron chi connectivity index (χ2n) is 1.39. The molecule has 0 aromatic rings. The van der Waals surface area contributed by atoms with Crippen LogP contribution in [0.1, 0.15) is 0 Å². The maximum atomic E-state index is 10.4. The smallest absolute Gasteiger partial charge is 0.325 e. The molecule has 9 heavy (non-hydrogen) atoms. The Morgan fingerprint density at radius 3 is 2.89 bits per heavy atom. The van der Waals surface area contributed by atoms with Gasteiger partial charge in [0, 0.05) is 7.05 Å². The largest absolute Gasteiger partial charge is 0.341 e. The van der Waals surface area contributed by atoms with Crippen molar-refractivity contribution in [3.63, 3.8) is 0 Å². The average Bonchev–Trinajstić information content (AvgIpc) is 1.82. The van der Waals surface area contributed by atoms with Crippen molar-refractivity contribution in [1.29, 1.82) is 0 Å². The Morgan fingerprint density at radius 2 is 2.56 bits per heavy atom. The first-order valence-electron chi connectivity index (χ1n) is 2.32. The number of carbonyl (C=O) groups is 1. The van der Waals surface area contributed by atoms with Crippen molar-refractivity contribution in [2.75, 3.05) is 13.6 Å². The van der Waals surface area contributed by atoms with Crippen LogP contribution in [0.5, 0.6) is 0 Å². The van der Waals surface area contributed by atoms with Crippen molar-refractivity contribution in [3.05, 3.63) is 0 Å². The Bertz CT molecular complexity index is 136. The van der Waals surface area contributed by atoms with E-state index in [4.69, 9.17) is 11.6 Å². The molecule has 0 atom stereocenters. The van der Waals surface area contributed by atoms with Gasteiger partial charge >= 0.3 is 6.03 Å². The number of nitrogens with one attached hydrogen (secondary N) is 1. The summed E-state index contributed by atoms with van der Waals surface area (Å²) in [6.45, 7) is 0.129. The number of rotatable bonds is 1. The summed E-state index contributed by atoms with van der Waals surface area (Å²) in [5.41, 5.74) is 0. The van der Waals surface area contributed by atoms with Crippen molar-refractivity contribution in [2.45, 2.75) is 0 Å². The third kappa shape index (κ3) is 3.38. The molecule has 0 aromatic heterocycles. The molecule has 0 rings (SSSR count). The maximum Gasteiger partial charge on any atom is 0.341 e. The third-order valence-corrected chi connectivity index (χ3v) is 0.636. The summed E-state index contributed by atoms with van der Waals surface area (Å²) in [4.78, 5) is 10.4. The minimum absolute atomic E-state index is 0.129. The average molecular weight is 128 g/mol. The highest BCUT2D eigenvalue weighted by atomic mass is 16.5. The molecule has 0 bridgehead atoms. The van der Waals surface area contributed by atoms with Crippen LogP contribution in [0, 0.1) is 12.3 Å². The predicted molar refractivity (Wildman–Crippen MR) is 31.8 cm³/mol. The lowest BCUT2D eigenvalue weighted by atomic mass is 10.7. The number of hydrogen-bond donors (Lipinski definition) is 2. The van der Waals surface area contributed by atoms with Crippen LogP contribution in [0.3, 0.4) is 0 Å². The minimum atomic E-state index is -0.604. The number of hydroxylamine groups is 2. The van der Waals surface area contributed by atoms with Gasteiger partial charge in [0.05, 0.1) is 6.54 Å². The second kappa shape index (κ2) is 3.75. The normalized spacial score (nSPS) is 7.67. The Labute approximate surface area is 53.4 Å². The van der Waals surface area contributed by atoms with Crippen LogP contribution >= 0.6 is 0 Å². The van der Waals surface area contributed by atoms with Gasteiger partial charge in [-0.3, -0.25) is 5.21 Å². The lowest BCUT2D eigenvalue weighted by Crippen LogP contribution is -2.34. The summed E-state index contributed by atoms with van der Waals surface area (Å²) >= 11 is 0. The Hall–Kier alpha value is -1.21. The van der Waals surface area contributed by atoms with E-state index >= 15 is 0 Å². The summed E-state index contributed by atoms with van der Waals surface area (Å²) < 4.78 is 0. The third-order valence-electron chi connectivity index (χ3n) is 0.636. The zero-order chi connectivity index (χ0) is 7.28. The molecule has 0 aliphatic rings. The van der Waals surface area contributed by atoms with E-state index in [0.29, 0.717) is 5.06 Å². The first kappa shape index (κ1) is 7.79. The minimum Gasteiger partial charge on any atom is -0.325 e. The number of nitrogens with zero attached hydrogens (tertiary/aromatic N) is 1. The number of carbonyl (C=O) groups excluding carboxylic acids is 1. The van der Waals surface area contributed by atoms with Crippen molar-refractivity contribution >= 4 is 6.03 Å². The van der Waals surface area contributed by atoms with Crippen LogP contribution in [0.2, 0.25) is 0 Å². The SMILES string of the molecule is C#CCNC(=O)N(C)O. The fraction of sp³-hybridized carbons (Fsp3) is 0.400. The van der Waals surface area contributed by atoms with Gasteiger partial charge in [-0.15, -0.1) is 6.42 Å². The van der Waals surface area contributed by atoms with Gasteiger partial charge in [0.15, 0.2) is 0 Å². The van der Waals surface area contributed by atoms with Gasteiger partial charge in [0.25, 0.3) is 0 Å². The summed E-state index contributed by atoms with van der Waals surface area (Å²) in [5.74, 6) is 2.18. The van der Waals surface area contributed by atoms with E-state index in [9.17, 15) is 4.79 Å². The van der Waals surface area contributed by atoms with Gasteiger partial charge in [0.2, 0.25) is 0 Å². The van der Waals surface area contributed by atoms with E-state index in [0.717, 1.165) is 0 Å². The highest BCUT2D eigenvalue weighted by Gasteiger charge is 2.00. The molecule has 0 radical (unpaired) electrons. The number of hydrogen-bond acceptors (Lipinski definition) is 2. The molecule has 50 valence electrons. The molecule has 0 heterocycles. The Morgan fingerprint density at radius 1 is 2.00 bits per heavy atom. The molecule has 2 amide bonds. The molecule has 2 N–H and O–H groups in total. The molecule has 4 nitrogen and oxygen atoms in total. The van der Waals surface area contributed by atoms with Gasteiger partial charge < -0.3 is 5.32 Å². The first-order chi connectivity index (χ1) is 4.18. The molecule has 0 saturated carbocycles. The zero-order valence-electron chi connectivity index (χ0n) is 5.09. The van der Waals surface area contributed by atoms with Crippen LogP contribution < -0.4 is 5.32 Å². The highest BCUT2D eigenvalue weighted by Crippen LogP contribution is 1.72. The fourth-order valence-corrected chi connectivity index (χ4v) is 0.241. The summed E-state index contributed by atoms with van der Waals surface area (Å²) in [6, 6.07) is -0.604. The quantitative estimate of drug-likeness (QED) is 0.288. The second-order valence-corrected chi connectivity index (χ2v) is 1.39. The maximum absolute atomic E-state index is 10.4. The van der Waals surface area contributed by atoms with Crippen LogP contribution in [0.4, 0.5) is 4.79 Å². The topological polar surface area (TPSA) is 52.6 Å². The molecule has 0 saturated heterocycles. The monoisotopic (exact) mass is 128 g/mol. The number of terminal acetylenes is 1. The van der Waals surface area contributed by atoms with Crippen molar-refractivity contribution in [1.82, 2.24) is 10.4 Å². The molecule has 0 aliphatic carbocycles. The summed E-state index contributed by atoms with van der Waals surface area (Å²) in [5, 5.41) is 11.1.